The summed E-state index contributed by atoms with van der Waals surface area (Å²) >= 11 is 0. The number of hydrogen-bond acceptors (Lipinski definition) is 4. The molecule has 8 heteroatoms. The van der Waals surface area contributed by atoms with E-state index in [1.54, 1.807) is 24.3 Å². The zero-order chi connectivity index (χ0) is 19.7. The first-order valence-electron chi connectivity index (χ1n) is 8.67. The Morgan fingerprint density at radius 3 is 2.57 bits per heavy atom. The van der Waals surface area contributed by atoms with Crippen molar-refractivity contribution in [3.8, 4) is 11.4 Å². The number of fused-ring (bicyclic) bond motifs is 1. The van der Waals surface area contributed by atoms with Crippen molar-refractivity contribution in [1.29, 1.82) is 0 Å². The maximum atomic E-state index is 14.6. The molecule has 0 aliphatic carbocycles. The molecule has 142 valence electrons. The molecule has 4 rings (SSSR count). The number of aromatic nitrogens is 5. The van der Waals surface area contributed by atoms with Crippen LogP contribution in [0.4, 0.5) is 8.78 Å². The van der Waals surface area contributed by atoms with Crippen LogP contribution in [0.1, 0.15) is 17.1 Å². The monoisotopic (exact) mass is 380 g/mol. The summed E-state index contributed by atoms with van der Waals surface area (Å²) in [7, 11) is 3.83. The molecule has 2 aromatic carbocycles. The van der Waals surface area contributed by atoms with Crippen LogP contribution in [0.15, 0.2) is 36.4 Å². The van der Waals surface area contributed by atoms with E-state index in [9.17, 15) is 8.78 Å². The van der Waals surface area contributed by atoms with Gasteiger partial charge in [0.25, 0.3) is 0 Å². The molecule has 2 heterocycles. The quantitative estimate of drug-likeness (QED) is 0.551. The van der Waals surface area contributed by atoms with E-state index in [0.717, 1.165) is 10.9 Å². The Balaban J connectivity index is 1.69. The van der Waals surface area contributed by atoms with Crippen molar-refractivity contribution in [3.05, 3.63) is 65.1 Å². The first-order valence-corrected chi connectivity index (χ1v) is 8.67. The van der Waals surface area contributed by atoms with Crippen LogP contribution in [0, 0.1) is 11.6 Å². The first-order chi connectivity index (χ1) is 13.5. The minimum atomic E-state index is -0.419. The van der Waals surface area contributed by atoms with Crippen LogP contribution in [-0.2, 0) is 6.54 Å². The van der Waals surface area contributed by atoms with Crippen LogP contribution in [0.5, 0.6) is 0 Å². The number of rotatable bonds is 5. The molecule has 2 aromatic heterocycles. The van der Waals surface area contributed by atoms with E-state index in [2.05, 4.69) is 25.4 Å². The van der Waals surface area contributed by atoms with Gasteiger partial charge >= 0.3 is 0 Å². The van der Waals surface area contributed by atoms with Gasteiger partial charge in [-0.15, -0.1) is 10.2 Å². The highest BCUT2D eigenvalue weighted by Crippen LogP contribution is 2.27. The van der Waals surface area contributed by atoms with Crippen LogP contribution >= 0.6 is 0 Å². The minimum Gasteiger partial charge on any atom is -0.324 e. The lowest BCUT2D eigenvalue weighted by atomic mass is 10.1. The SMILES string of the molecule is CN(C)Cc1nnc(-c2cc3c(/C=C/c4ccc(F)cc4)n[nH]c3cc2F)[nH]1. The normalized spacial score (nSPS) is 11.9. The van der Waals surface area contributed by atoms with Crippen molar-refractivity contribution >= 4 is 23.1 Å². The summed E-state index contributed by atoms with van der Waals surface area (Å²) in [5.41, 5.74) is 2.38. The van der Waals surface area contributed by atoms with Gasteiger partial charge in [0.2, 0.25) is 0 Å². The number of halogens is 2. The Labute approximate surface area is 159 Å². The van der Waals surface area contributed by atoms with E-state index in [1.807, 2.05) is 25.1 Å². The minimum absolute atomic E-state index is 0.289. The van der Waals surface area contributed by atoms with E-state index in [4.69, 9.17) is 0 Å². The summed E-state index contributed by atoms with van der Waals surface area (Å²) < 4.78 is 27.6. The average molecular weight is 380 g/mol. The smallest absolute Gasteiger partial charge is 0.164 e. The highest BCUT2D eigenvalue weighted by atomic mass is 19.1. The molecule has 0 amide bonds. The Morgan fingerprint density at radius 1 is 1.04 bits per heavy atom. The molecule has 0 aliphatic rings. The zero-order valence-corrected chi connectivity index (χ0v) is 15.4. The van der Waals surface area contributed by atoms with Gasteiger partial charge in [0.05, 0.1) is 23.3 Å². The Morgan fingerprint density at radius 2 is 1.82 bits per heavy atom. The van der Waals surface area contributed by atoms with Crippen molar-refractivity contribution in [3.63, 3.8) is 0 Å². The van der Waals surface area contributed by atoms with Gasteiger partial charge in [-0.2, -0.15) is 5.10 Å². The first kappa shape index (κ1) is 18.0. The second-order valence-electron chi connectivity index (χ2n) is 6.73. The molecule has 2 N–H and O–H groups in total. The lowest BCUT2D eigenvalue weighted by Gasteiger charge is -2.05. The zero-order valence-electron chi connectivity index (χ0n) is 15.4. The van der Waals surface area contributed by atoms with Crippen LogP contribution < -0.4 is 0 Å². The molecule has 0 saturated carbocycles. The molecule has 0 unspecified atom stereocenters. The second kappa shape index (κ2) is 7.32. The predicted molar refractivity (Wildman–Crippen MR) is 104 cm³/mol. The highest BCUT2D eigenvalue weighted by molar-refractivity contribution is 5.92. The molecule has 0 bridgehead atoms. The molecule has 0 fully saturated rings. The fraction of sp³-hybridized carbons (Fsp3) is 0.150. The fourth-order valence-corrected chi connectivity index (χ4v) is 2.90. The summed E-state index contributed by atoms with van der Waals surface area (Å²) in [6.45, 7) is 0.578. The average Bonchev–Trinajstić information content (AvgIpc) is 3.26. The number of H-pyrrole nitrogens is 2. The van der Waals surface area contributed by atoms with E-state index in [0.29, 0.717) is 35.0 Å². The Bertz CT molecular complexity index is 1140. The van der Waals surface area contributed by atoms with E-state index in [1.165, 1.54) is 18.2 Å². The molecule has 0 spiro atoms. The molecule has 0 atom stereocenters. The van der Waals surface area contributed by atoms with Gasteiger partial charge in [-0.05, 0) is 43.9 Å². The van der Waals surface area contributed by atoms with Gasteiger partial charge in [-0.3, -0.25) is 5.10 Å². The Hall–Kier alpha value is -3.39. The maximum absolute atomic E-state index is 14.6. The van der Waals surface area contributed by atoms with E-state index >= 15 is 0 Å². The van der Waals surface area contributed by atoms with Crippen molar-refractivity contribution in [2.75, 3.05) is 14.1 Å². The molecule has 0 radical (unpaired) electrons. The lowest BCUT2D eigenvalue weighted by Crippen LogP contribution is -2.11. The summed E-state index contributed by atoms with van der Waals surface area (Å²) in [5.74, 6) is 0.315. The van der Waals surface area contributed by atoms with Crippen molar-refractivity contribution in [2.45, 2.75) is 6.54 Å². The summed E-state index contributed by atoms with van der Waals surface area (Å²) in [6.07, 6.45) is 3.62. The number of nitrogens with zero attached hydrogens (tertiary/aromatic N) is 4. The van der Waals surface area contributed by atoms with Crippen LogP contribution in [-0.4, -0.2) is 44.4 Å². The number of benzene rings is 2. The van der Waals surface area contributed by atoms with Gasteiger partial charge in [-0.25, -0.2) is 8.78 Å². The van der Waals surface area contributed by atoms with Crippen LogP contribution in [0.25, 0.3) is 34.4 Å². The standard InChI is InChI=1S/C20H18F2N6/c1-28(2)11-19-23-20(27-26-19)14-9-15-17(24-25-18(15)10-16(14)22)8-5-12-3-6-13(21)7-4-12/h3-10H,11H2,1-2H3,(H,24,25)(H,23,26,27)/b8-5+. The molecule has 0 aliphatic heterocycles. The third-order valence-corrected chi connectivity index (χ3v) is 4.24. The van der Waals surface area contributed by atoms with E-state index in [-0.39, 0.29) is 5.82 Å². The van der Waals surface area contributed by atoms with Gasteiger partial charge in [0.15, 0.2) is 5.82 Å². The van der Waals surface area contributed by atoms with Gasteiger partial charge < -0.3 is 9.88 Å². The van der Waals surface area contributed by atoms with Crippen molar-refractivity contribution < 1.29 is 8.78 Å². The number of hydrogen-bond donors (Lipinski definition) is 2. The maximum Gasteiger partial charge on any atom is 0.164 e. The molecule has 6 nitrogen and oxygen atoms in total. The van der Waals surface area contributed by atoms with Gasteiger partial charge in [0.1, 0.15) is 17.5 Å². The molecule has 28 heavy (non-hydrogen) atoms. The van der Waals surface area contributed by atoms with E-state index < -0.39 is 5.82 Å². The summed E-state index contributed by atoms with van der Waals surface area (Å²) in [5, 5.41) is 16.0. The Kier molecular flexibility index (Phi) is 4.70. The summed E-state index contributed by atoms with van der Waals surface area (Å²) in [6, 6.07) is 9.22. The molecule has 4 aromatic rings. The third kappa shape index (κ3) is 3.67. The second-order valence-corrected chi connectivity index (χ2v) is 6.73. The third-order valence-electron chi connectivity index (χ3n) is 4.24. The molecular formula is C20H18F2N6. The lowest BCUT2D eigenvalue weighted by molar-refractivity contribution is 0.391. The fourth-order valence-electron chi connectivity index (χ4n) is 2.90. The summed E-state index contributed by atoms with van der Waals surface area (Å²) in [4.78, 5) is 5.00. The molecule has 0 saturated heterocycles. The number of nitrogens with one attached hydrogen (secondary N) is 2. The van der Waals surface area contributed by atoms with Crippen molar-refractivity contribution in [2.24, 2.45) is 0 Å². The molecular weight excluding hydrogens is 362 g/mol. The predicted octanol–water partition coefficient (Wildman–Crippen LogP) is 3.86. The number of aromatic amines is 2. The van der Waals surface area contributed by atoms with Gasteiger partial charge in [-0.1, -0.05) is 18.2 Å². The topological polar surface area (TPSA) is 73.5 Å². The van der Waals surface area contributed by atoms with Crippen LogP contribution in [0.2, 0.25) is 0 Å². The van der Waals surface area contributed by atoms with Gasteiger partial charge in [0, 0.05) is 11.5 Å². The highest BCUT2D eigenvalue weighted by Gasteiger charge is 2.15. The van der Waals surface area contributed by atoms with Crippen molar-refractivity contribution in [1.82, 2.24) is 30.3 Å². The van der Waals surface area contributed by atoms with Crippen LogP contribution in [0.3, 0.4) is 0 Å². The largest absolute Gasteiger partial charge is 0.324 e.